The monoisotopic (exact) mass is 429 g/mol. The number of ether oxygens (including phenoxy) is 1. The van der Waals surface area contributed by atoms with Crippen LogP contribution in [0.2, 0.25) is 0 Å². The fraction of sp³-hybridized carbons (Fsp3) is 0.0435. The van der Waals surface area contributed by atoms with E-state index in [9.17, 15) is 14.7 Å². The number of methoxy groups -OCH3 is 1. The van der Waals surface area contributed by atoms with Crippen LogP contribution in [0.5, 0.6) is 11.5 Å². The molecule has 1 aromatic heterocycles. The SMILES string of the molecule is COc1ccc(/C=N\NC(=O)c2ccc(Nc3nc4ccccc4c(=O)[nH]3)cc2)cc1O. The van der Waals surface area contributed by atoms with Crippen LogP contribution < -0.4 is 21.0 Å². The van der Waals surface area contributed by atoms with E-state index < -0.39 is 5.91 Å². The van der Waals surface area contributed by atoms with E-state index in [1.807, 2.05) is 6.07 Å². The first kappa shape index (κ1) is 20.6. The smallest absolute Gasteiger partial charge is 0.271 e. The Morgan fingerprint density at radius 2 is 1.91 bits per heavy atom. The molecule has 0 atom stereocenters. The Bertz CT molecular complexity index is 1360. The highest BCUT2D eigenvalue weighted by molar-refractivity contribution is 5.95. The number of rotatable bonds is 6. The number of carbonyl (C=O) groups excluding carboxylic acids is 1. The Kier molecular flexibility index (Phi) is 5.80. The average molecular weight is 429 g/mol. The lowest BCUT2D eigenvalue weighted by Gasteiger charge is -2.07. The summed E-state index contributed by atoms with van der Waals surface area (Å²) in [6.07, 6.45) is 1.41. The molecule has 160 valence electrons. The van der Waals surface area contributed by atoms with E-state index in [0.717, 1.165) is 0 Å². The van der Waals surface area contributed by atoms with Gasteiger partial charge in [0.05, 0.1) is 24.2 Å². The maximum atomic E-state index is 12.3. The number of carbonyl (C=O) groups is 1. The average Bonchev–Trinajstić information content (AvgIpc) is 2.80. The third-order valence-electron chi connectivity index (χ3n) is 4.61. The number of hydrogen-bond donors (Lipinski definition) is 4. The molecule has 0 spiro atoms. The second kappa shape index (κ2) is 9.00. The van der Waals surface area contributed by atoms with Crippen molar-refractivity contribution < 1.29 is 14.6 Å². The molecule has 0 aliphatic carbocycles. The molecule has 0 radical (unpaired) electrons. The van der Waals surface area contributed by atoms with Crippen LogP contribution in [0.1, 0.15) is 15.9 Å². The van der Waals surface area contributed by atoms with Gasteiger partial charge in [0.1, 0.15) is 0 Å². The number of nitrogens with zero attached hydrogens (tertiary/aromatic N) is 2. The molecule has 4 rings (SSSR count). The first-order valence-corrected chi connectivity index (χ1v) is 9.60. The maximum absolute atomic E-state index is 12.3. The zero-order valence-electron chi connectivity index (χ0n) is 17.0. The molecular formula is C23H19N5O4. The van der Waals surface area contributed by atoms with Gasteiger partial charge in [0, 0.05) is 11.3 Å². The number of hydrazone groups is 1. The Labute approximate surface area is 182 Å². The van der Waals surface area contributed by atoms with Crippen molar-refractivity contribution in [2.24, 2.45) is 5.10 Å². The molecular weight excluding hydrogens is 410 g/mol. The molecule has 32 heavy (non-hydrogen) atoms. The quantitative estimate of drug-likeness (QED) is 0.275. The van der Waals surface area contributed by atoms with Gasteiger partial charge in [0.25, 0.3) is 11.5 Å². The summed E-state index contributed by atoms with van der Waals surface area (Å²) in [6, 6.07) is 18.4. The van der Waals surface area contributed by atoms with Crippen molar-refractivity contribution in [3.05, 3.63) is 88.2 Å². The number of hydrogen-bond acceptors (Lipinski definition) is 7. The largest absolute Gasteiger partial charge is 0.504 e. The minimum absolute atomic E-state index is 0.0203. The third-order valence-corrected chi connectivity index (χ3v) is 4.61. The Hall–Kier alpha value is -4.66. The number of phenols is 1. The number of H-pyrrole nitrogens is 1. The molecule has 1 amide bonds. The summed E-state index contributed by atoms with van der Waals surface area (Å²) < 4.78 is 4.98. The van der Waals surface area contributed by atoms with Gasteiger partial charge in [-0.15, -0.1) is 0 Å². The molecule has 0 aliphatic heterocycles. The zero-order chi connectivity index (χ0) is 22.5. The molecule has 3 aromatic carbocycles. The van der Waals surface area contributed by atoms with Crippen molar-refractivity contribution in [3.63, 3.8) is 0 Å². The van der Waals surface area contributed by atoms with Gasteiger partial charge in [0.2, 0.25) is 5.95 Å². The van der Waals surface area contributed by atoms with E-state index in [0.29, 0.717) is 39.4 Å². The number of para-hydroxylation sites is 1. The molecule has 9 heteroatoms. The van der Waals surface area contributed by atoms with Gasteiger partial charge < -0.3 is 15.2 Å². The predicted molar refractivity (Wildman–Crippen MR) is 122 cm³/mol. The molecule has 0 fully saturated rings. The maximum Gasteiger partial charge on any atom is 0.271 e. The molecule has 0 unspecified atom stereocenters. The highest BCUT2D eigenvalue weighted by Gasteiger charge is 2.07. The normalized spacial score (nSPS) is 10.9. The number of aromatic nitrogens is 2. The standard InChI is InChI=1S/C23H19N5O4/c1-32-20-11-6-14(12-19(20)29)13-24-28-21(30)15-7-9-16(10-8-15)25-23-26-18-5-3-2-4-17(18)22(31)27-23/h2-13,29H,1H3,(H,28,30)(H2,25,26,27,31)/b24-13-. The number of amides is 1. The van der Waals surface area contributed by atoms with Crippen molar-refractivity contribution >= 4 is 34.7 Å². The van der Waals surface area contributed by atoms with Crippen LogP contribution in [0.25, 0.3) is 10.9 Å². The minimum atomic E-state index is -0.400. The van der Waals surface area contributed by atoms with E-state index in [1.54, 1.807) is 54.6 Å². The second-order valence-electron chi connectivity index (χ2n) is 6.76. The van der Waals surface area contributed by atoms with Gasteiger partial charge in [0.15, 0.2) is 11.5 Å². The highest BCUT2D eigenvalue weighted by atomic mass is 16.5. The Balaban J connectivity index is 1.40. The van der Waals surface area contributed by atoms with Gasteiger partial charge >= 0.3 is 0 Å². The molecule has 4 aromatic rings. The lowest BCUT2D eigenvalue weighted by atomic mass is 10.2. The van der Waals surface area contributed by atoms with Gasteiger partial charge in [-0.2, -0.15) is 5.10 Å². The summed E-state index contributed by atoms with van der Waals surface area (Å²) in [5.41, 5.74) is 4.41. The molecule has 0 aliphatic rings. The number of aromatic hydroxyl groups is 1. The third kappa shape index (κ3) is 4.57. The van der Waals surface area contributed by atoms with E-state index in [-0.39, 0.29) is 11.3 Å². The van der Waals surface area contributed by atoms with Crippen LogP contribution in [0.3, 0.4) is 0 Å². The molecule has 9 nitrogen and oxygen atoms in total. The summed E-state index contributed by atoms with van der Waals surface area (Å²) in [6.45, 7) is 0. The Morgan fingerprint density at radius 3 is 2.66 bits per heavy atom. The summed E-state index contributed by atoms with van der Waals surface area (Å²) in [5.74, 6) is 0.233. The fourth-order valence-corrected chi connectivity index (χ4v) is 3.00. The number of nitrogens with one attached hydrogen (secondary N) is 3. The molecule has 0 saturated carbocycles. The van der Waals surface area contributed by atoms with Crippen LogP contribution in [0.4, 0.5) is 11.6 Å². The lowest BCUT2D eigenvalue weighted by Crippen LogP contribution is -2.17. The summed E-state index contributed by atoms with van der Waals surface area (Å²) in [7, 11) is 1.46. The van der Waals surface area contributed by atoms with Gasteiger partial charge in [-0.3, -0.25) is 14.6 Å². The van der Waals surface area contributed by atoms with Crippen molar-refractivity contribution in [2.75, 3.05) is 12.4 Å². The van der Waals surface area contributed by atoms with Crippen LogP contribution in [0, 0.1) is 0 Å². The van der Waals surface area contributed by atoms with E-state index in [4.69, 9.17) is 4.74 Å². The Morgan fingerprint density at radius 1 is 1.12 bits per heavy atom. The van der Waals surface area contributed by atoms with Crippen molar-refractivity contribution in [3.8, 4) is 11.5 Å². The van der Waals surface area contributed by atoms with Gasteiger partial charge in [-0.05, 0) is 60.2 Å². The second-order valence-corrected chi connectivity index (χ2v) is 6.76. The van der Waals surface area contributed by atoms with Crippen molar-refractivity contribution in [1.29, 1.82) is 0 Å². The van der Waals surface area contributed by atoms with Crippen molar-refractivity contribution in [2.45, 2.75) is 0 Å². The summed E-state index contributed by atoms with van der Waals surface area (Å²) >= 11 is 0. The van der Waals surface area contributed by atoms with Gasteiger partial charge in [-0.1, -0.05) is 12.1 Å². The molecule has 0 saturated heterocycles. The van der Waals surface area contributed by atoms with Crippen LogP contribution in [-0.4, -0.2) is 34.3 Å². The van der Waals surface area contributed by atoms with Crippen LogP contribution >= 0.6 is 0 Å². The van der Waals surface area contributed by atoms with Crippen LogP contribution in [-0.2, 0) is 0 Å². The van der Waals surface area contributed by atoms with E-state index in [1.165, 1.54) is 19.4 Å². The lowest BCUT2D eigenvalue weighted by molar-refractivity contribution is 0.0955. The summed E-state index contributed by atoms with van der Waals surface area (Å²) in [5, 5.41) is 17.2. The number of anilines is 2. The summed E-state index contributed by atoms with van der Waals surface area (Å²) in [4.78, 5) is 31.5. The molecule has 4 N–H and O–H groups in total. The van der Waals surface area contributed by atoms with E-state index in [2.05, 4.69) is 25.8 Å². The van der Waals surface area contributed by atoms with Crippen LogP contribution in [0.15, 0.2) is 76.6 Å². The highest BCUT2D eigenvalue weighted by Crippen LogP contribution is 2.25. The fourth-order valence-electron chi connectivity index (χ4n) is 3.00. The number of fused-ring (bicyclic) bond motifs is 1. The zero-order valence-corrected chi connectivity index (χ0v) is 17.0. The van der Waals surface area contributed by atoms with Crippen molar-refractivity contribution in [1.82, 2.24) is 15.4 Å². The number of benzene rings is 3. The molecule has 1 heterocycles. The predicted octanol–water partition coefficient (Wildman–Crippen LogP) is 3.14. The van der Waals surface area contributed by atoms with E-state index >= 15 is 0 Å². The first-order chi connectivity index (χ1) is 15.5. The molecule has 0 bridgehead atoms. The minimum Gasteiger partial charge on any atom is -0.504 e. The number of aromatic amines is 1. The topological polar surface area (TPSA) is 129 Å². The van der Waals surface area contributed by atoms with Gasteiger partial charge in [-0.25, -0.2) is 10.4 Å². The number of phenolic OH excluding ortho intramolecular Hbond substituents is 1. The first-order valence-electron chi connectivity index (χ1n) is 9.60.